The maximum Gasteiger partial charge on any atom is 0.214 e. The van der Waals surface area contributed by atoms with E-state index in [1.807, 2.05) is 0 Å². The number of carbonyl (C=O) groups is 1. The van der Waals surface area contributed by atoms with Crippen molar-refractivity contribution in [2.75, 3.05) is 0 Å². The highest BCUT2D eigenvalue weighted by atomic mass is 28.3. The lowest BCUT2D eigenvalue weighted by Gasteiger charge is -1.62. The molecule has 1 amide bonds. The van der Waals surface area contributed by atoms with Gasteiger partial charge in [0.05, 0.1) is 0 Å². The van der Waals surface area contributed by atoms with E-state index in [0.29, 0.717) is 0 Å². The SMILES string of the molecule is CC(N)=O.[SiH3]O[SiH3]. The maximum absolute atomic E-state index is 9.22. The molecular weight excluding hydrogens is 126 g/mol. The second-order valence-electron chi connectivity index (χ2n) is 1.02. The molecule has 0 aliphatic heterocycles. The van der Waals surface area contributed by atoms with Crippen LogP contribution in [0.15, 0.2) is 0 Å². The zero-order valence-electron chi connectivity index (χ0n) is 4.89. The first-order valence-electron chi connectivity index (χ1n) is 1.81. The highest BCUT2D eigenvalue weighted by Crippen LogP contribution is 1.33. The number of hydrogen-bond acceptors (Lipinski definition) is 2. The van der Waals surface area contributed by atoms with Crippen molar-refractivity contribution in [3.8, 4) is 0 Å². The lowest BCUT2D eigenvalue weighted by Crippen LogP contribution is -2.01. The van der Waals surface area contributed by atoms with Gasteiger partial charge in [-0.25, -0.2) is 0 Å². The van der Waals surface area contributed by atoms with Crippen LogP contribution in [0.25, 0.3) is 0 Å². The Morgan fingerprint density at radius 3 is 1.71 bits per heavy atom. The minimum atomic E-state index is -0.333. The van der Waals surface area contributed by atoms with Gasteiger partial charge in [0.25, 0.3) is 0 Å². The molecule has 0 aromatic rings. The van der Waals surface area contributed by atoms with Crippen LogP contribution in [0, 0.1) is 0 Å². The summed E-state index contributed by atoms with van der Waals surface area (Å²) in [5, 5.41) is 0. The fourth-order valence-corrected chi connectivity index (χ4v) is 0. The van der Waals surface area contributed by atoms with Crippen LogP contribution >= 0.6 is 0 Å². The van der Waals surface area contributed by atoms with E-state index < -0.39 is 0 Å². The Kier molecular flexibility index (Phi) is 13.2. The molecule has 0 rings (SSSR count). The number of hydrogen-bond donors (Lipinski definition) is 1. The molecule has 0 heterocycles. The van der Waals surface area contributed by atoms with Gasteiger partial charge in [-0.1, -0.05) is 0 Å². The molecule has 0 saturated carbocycles. The standard InChI is InChI=1S/C2H5NO.H6OSi2/c1-2(3)4;2-1-3/h1H3,(H2,3,4);2-3H3. The van der Waals surface area contributed by atoms with Gasteiger partial charge in [0.1, 0.15) is 21.0 Å². The van der Waals surface area contributed by atoms with Gasteiger partial charge in [-0.05, 0) is 0 Å². The van der Waals surface area contributed by atoms with Crippen LogP contribution in [-0.4, -0.2) is 26.9 Å². The predicted octanol–water partition coefficient (Wildman–Crippen LogP) is -2.94. The van der Waals surface area contributed by atoms with Crippen molar-refractivity contribution in [1.29, 1.82) is 0 Å². The summed E-state index contributed by atoms with van der Waals surface area (Å²) in [5.74, 6) is -0.333. The van der Waals surface area contributed by atoms with E-state index in [2.05, 4.69) is 9.85 Å². The van der Waals surface area contributed by atoms with E-state index in [-0.39, 0.29) is 5.91 Å². The molecule has 3 nitrogen and oxygen atoms in total. The number of carbonyl (C=O) groups excluding carboxylic acids is 1. The van der Waals surface area contributed by atoms with Crippen LogP contribution in [0.2, 0.25) is 0 Å². The molecule has 7 heavy (non-hydrogen) atoms. The van der Waals surface area contributed by atoms with E-state index >= 15 is 0 Å². The summed E-state index contributed by atoms with van der Waals surface area (Å²) in [6.45, 7) is 1.31. The van der Waals surface area contributed by atoms with Crippen LogP contribution in [-0.2, 0) is 8.91 Å². The van der Waals surface area contributed by atoms with Crippen LogP contribution in [0.1, 0.15) is 6.92 Å². The Morgan fingerprint density at radius 2 is 1.71 bits per heavy atom. The highest BCUT2D eigenvalue weighted by Gasteiger charge is 1.61. The normalized spacial score (nSPS) is 7.00. The van der Waals surface area contributed by atoms with Crippen molar-refractivity contribution in [3.63, 3.8) is 0 Å². The number of amides is 1. The average Bonchev–Trinajstić information content (AvgIpc) is 1.33. The number of nitrogens with two attached hydrogens (primary N) is 1. The predicted molar refractivity (Wildman–Crippen MR) is 35.8 cm³/mol. The van der Waals surface area contributed by atoms with Gasteiger partial charge in [-0.15, -0.1) is 0 Å². The van der Waals surface area contributed by atoms with Gasteiger partial charge in [-0.2, -0.15) is 0 Å². The largest absolute Gasteiger partial charge is 0.471 e. The molecule has 44 valence electrons. The third kappa shape index (κ3) is 4720. The van der Waals surface area contributed by atoms with Crippen molar-refractivity contribution in [2.24, 2.45) is 5.73 Å². The summed E-state index contributed by atoms with van der Waals surface area (Å²) in [6, 6.07) is 0. The van der Waals surface area contributed by atoms with Gasteiger partial charge in [-0.3, -0.25) is 4.79 Å². The van der Waals surface area contributed by atoms with Gasteiger partial charge in [0.15, 0.2) is 0 Å². The smallest absolute Gasteiger partial charge is 0.214 e. The van der Waals surface area contributed by atoms with Gasteiger partial charge >= 0.3 is 0 Å². The van der Waals surface area contributed by atoms with E-state index in [9.17, 15) is 4.79 Å². The van der Waals surface area contributed by atoms with Crippen LogP contribution in [0.5, 0.6) is 0 Å². The lowest BCUT2D eigenvalue weighted by molar-refractivity contribution is -0.115. The monoisotopic (exact) mass is 137 g/mol. The molecule has 0 aliphatic rings. The third-order valence-electron chi connectivity index (χ3n) is 0. The van der Waals surface area contributed by atoms with Crippen molar-refractivity contribution >= 4 is 26.9 Å². The second-order valence-corrected chi connectivity index (χ2v) is 4.28. The van der Waals surface area contributed by atoms with E-state index in [1.54, 1.807) is 0 Å². The molecule has 0 radical (unpaired) electrons. The Balaban J connectivity index is 0. The summed E-state index contributed by atoms with van der Waals surface area (Å²) < 4.78 is 4.53. The van der Waals surface area contributed by atoms with Crippen LogP contribution in [0.4, 0.5) is 0 Å². The van der Waals surface area contributed by atoms with Gasteiger partial charge in [0, 0.05) is 6.92 Å². The Hall–Kier alpha value is -0.136. The van der Waals surface area contributed by atoms with E-state index in [4.69, 9.17) is 0 Å². The molecule has 0 unspecified atom stereocenters. The van der Waals surface area contributed by atoms with Crippen molar-refractivity contribution in [3.05, 3.63) is 0 Å². The summed E-state index contributed by atoms with van der Waals surface area (Å²) >= 11 is 0. The van der Waals surface area contributed by atoms with Gasteiger partial charge < -0.3 is 9.85 Å². The van der Waals surface area contributed by atoms with Crippen molar-refractivity contribution < 1.29 is 8.91 Å². The zero-order chi connectivity index (χ0) is 6.28. The quantitative estimate of drug-likeness (QED) is 0.363. The van der Waals surface area contributed by atoms with Crippen molar-refractivity contribution in [2.45, 2.75) is 6.92 Å². The first kappa shape index (κ1) is 9.98. The molecule has 0 aliphatic carbocycles. The molecule has 0 saturated heterocycles. The minimum absolute atomic E-state index is 0.333. The Bertz CT molecular complexity index is 45.0. The lowest BCUT2D eigenvalue weighted by atomic mass is 10.8. The third-order valence-corrected chi connectivity index (χ3v) is 0. The second kappa shape index (κ2) is 9.29. The Labute approximate surface area is 49.3 Å². The van der Waals surface area contributed by atoms with Crippen LogP contribution in [0.3, 0.4) is 0 Å². The fraction of sp³-hybridized carbons (Fsp3) is 0.500. The molecule has 0 aromatic carbocycles. The molecular formula is C2H11NO2Si2. The summed E-state index contributed by atoms with van der Waals surface area (Å²) in [6.07, 6.45) is 0. The highest BCUT2D eigenvalue weighted by molar-refractivity contribution is 6.15. The van der Waals surface area contributed by atoms with E-state index in [0.717, 1.165) is 21.0 Å². The molecule has 0 atom stereocenters. The summed E-state index contributed by atoms with van der Waals surface area (Å²) in [7, 11) is 1.86. The molecule has 0 fully saturated rings. The maximum atomic E-state index is 9.22. The average molecular weight is 137 g/mol. The summed E-state index contributed by atoms with van der Waals surface area (Å²) in [5.41, 5.74) is 4.47. The molecule has 0 bridgehead atoms. The van der Waals surface area contributed by atoms with Gasteiger partial charge in [0.2, 0.25) is 5.91 Å². The van der Waals surface area contributed by atoms with Crippen LogP contribution < -0.4 is 5.73 Å². The molecule has 5 heteroatoms. The summed E-state index contributed by atoms with van der Waals surface area (Å²) in [4.78, 5) is 9.22. The fourth-order valence-electron chi connectivity index (χ4n) is 0. The molecule has 0 aromatic heterocycles. The Morgan fingerprint density at radius 1 is 1.71 bits per heavy atom. The zero-order valence-corrected chi connectivity index (χ0v) is 8.89. The molecule has 0 spiro atoms. The van der Waals surface area contributed by atoms with E-state index in [1.165, 1.54) is 6.92 Å². The topological polar surface area (TPSA) is 52.3 Å². The molecule has 2 N–H and O–H groups in total. The number of primary amides is 1. The van der Waals surface area contributed by atoms with Crippen molar-refractivity contribution in [1.82, 2.24) is 0 Å². The number of rotatable bonds is 0. The first-order chi connectivity index (χ1) is 3.15. The minimum Gasteiger partial charge on any atom is -0.471 e. The first-order valence-corrected chi connectivity index (χ1v) is 3.44.